The number of halogens is 2. The first-order valence-electron chi connectivity index (χ1n) is 7.78. The zero-order chi connectivity index (χ0) is 17.8. The minimum absolute atomic E-state index is 0.178. The van der Waals surface area contributed by atoms with Crippen LogP contribution >= 0.6 is 0 Å². The molecule has 3 aromatic rings. The van der Waals surface area contributed by atoms with Gasteiger partial charge in [0.1, 0.15) is 23.4 Å². The maximum atomic E-state index is 13.2. The molecule has 0 aliphatic carbocycles. The summed E-state index contributed by atoms with van der Waals surface area (Å²) in [6.45, 7) is 0.966. The molecule has 8 heteroatoms. The third-order valence-electron chi connectivity index (χ3n) is 3.81. The van der Waals surface area contributed by atoms with Crippen LogP contribution < -0.4 is 10.6 Å². The maximum Gasteiger partial charge on any atom is 0.254 e. The van der Waals surface area contributed by atoms with Crippen molar-refractivity contribution in [1.82, 2.24) is 14.6 Å². The number of rotatable bonds is 2. The Balaban J connectivity index is 0.000000219. The fourth-order valence-electron chi connectivity index (χ4n) is 2.55. The van der Waals surface area contributed by atoms with Gasteiger partial charge in [0.15, 0.2) is 5.65 Å². The van der Waals surface area contributed by atoms with E-state index < -0.39 is 12.1 Å². The Bertz CT molecular complexity index is 868. The second kappa shape index (κ2) is 7.25. The molecule has 6 nitrogen and oxygen atoms in total. The van der Waals surface area contributed by atoms with Gasteiger partial charge >= 0.3 is 0 Å². The van der Waals surface area contributed by atoms with Crippen LogP contribution in [0.4, 0.5) is 14.6 Å². The van der Waals surface area contributed by atoms with E-state index in [9.17, 15) is 13.6 Å². The van der Waals surface area contributed by atoms with E-state index in [1.165, 1.54) is 22.8 Å². The number of hydrogen-bond acceptors (Lipinski definition) is 4. The van der Waals surface area contributed by atoms with Crippen LogP contribution in [0.2, 0.25) is 0 Å². The first kappa shape index (κ1) is 16.8. The minimum Gasteiger partial charge on any atom is -0.365 e. The molecule has 1 amide bonds. The lowest BCUT2D eigenvalue weighted by molar-refractivity contribution is 0.100. The highest BCUT2D eigenvalue weighted by atomic mass is 19.1. The predicted molar refractivity (Wildman–Crippen MR) is 89.6 cm³/mol. The number of alkyl halides is 1. The van der Waals surface area contributed by atoms with E-state index in [1.807, 2.05) is 4.90 Å². The number of hydrogen-bond donors (Lipinski definition) is 1. The molecule has 3 heterocycles. The molecule has 1 saturated heterocycles. The van der Waals surface area contributed by atoms with Gasteiger partial charge in [0, 0.05) is 12.7 Å². The molecule has 0 spiro atoms. The van der Waals surface area contributed by atoms with Crippen LogP contribution in [0.3, 0.4) is 0 Å². The lowest BCUT2D eigenvalue weighted by Crippen LogP contribution is -2.21. The fourth-order valence-corrected chi connectivity index (χ4v) is 2.55. The summed E-state index contributed by atoms with van der Waals surface area (Å²) in [5.41, 5.74) is 5.92. The van der Waals surface area contributed by atoms with Gasteiger partial charge in [-0.3, -0.25) is 4.79 Å². The van der Waals surface area contributed by atoms with Crippen molar-refractivity contribution in [3.8, 4) is 0 Å². The van der Waals surface area contributed by atoms with Crippen LogP contribution in [-0.4, -0.2) is 39.8 Å². The number of fused-ring (bicyclic) bond motifs is 1. The van der Waals surface area contributed by atoms with Gasteiger partial charge in [0.05, 0.1) is 12.7 Å². The lowest BCUT2D eigenvalue weighted by atomic mass is 10.3. The summed E-state index contributed by atoms with van der Waals surface area (Å²) >= 11 is 0. The van der Waals surface area contributed by atoms with Crippen LogP contribution in [0.25, 0.3) is 5.65 Å². The zero-order valence-electron chi connectivity index (χ0n) is 13.3. The van der Waals surface area contributed by atoms with E-state index in [-0.39, 0.29) is 11.4 Å². The van der Waals surface area contributed by atoms with Crippen LogP contribution in [-0.2, 0) is 0 Å². The van der Waals surface area contributed by atoms with Gasteiger partial charge in [-0.1, -0.05) is 18.2 Å². The normalized spacial score (nSPS) is 16.6. The molecule has 0 saturated carbocycles. The molecule has 0 bridgehead atoms. The molecule has 1 aromatic carbocycles. The number of amides is 1. The lowest BCUT2D eigenvalue weighted by Gasteiger charge is -2.15. The quantitative estimate of drug-likeness (QED) is 0.772. The summed E-state index contributed by atoms with van der Waals surface area (Å²) in [5, 5.41) is 3.98. The van der Waals surface area contributed by atoms with Crippen molar-refractivity contribution in [2.45, 2.75) is 12.6 Å². The second-order valence-electron chi connectivity index (χ2n) is 5.60. The molecule has 1 atom stereocenters. The highest BCUT2D eigenvalue weighted by Crippen LogP contribution is 2.21. The number of nitrogens with zero attached hydrogens (tertiary/aromatic N) is 4. The molecule has 2 N–H and O–H groups in total. The van der Waals surface area contributed by atoms with Crippen LogP contribution in [0.1, 0.15) is 16.8 Å². The van der Waals surface area contributed by atoms with Crippen LogP contribution in [0.15, 0.2) is 48.8 Å². The molecule has 1 fully saturated rings. The average molecular weight is 345 g/mol. The highest BCUT2D eigenvalue weighted by Gasteiger charge is 2.23. The van der Waals surface area contributed by atoms with Gasteiger partial charge in [0.25, 0.3) is 5.91 Å². The molecule has 1 aliphatic heterocycles. The maximum absolute atomic E-state index is 13.2. The number of carbonyl (C=O) groups is 1. The van der Waals surface area contributed by atoms with Crippen molar-refractivity contribution in [2.75, 3.05) is 18.0 Å². The van der Waals surface area contributed by atoms with Crippen LogP contribution in [0, 0.1) is 5.82 Å². The summed E-state index contributed by atoms with van der Waals surface area (Å²) in [7, 11) is 0. The van der Waals surface area contributed by atoms with E-state index in [4.69, 9.17) is 5.73 Å². The van der Waals surface area contributed by atoms with Crippen molar-refractivity contribution in [3.05, 3.63) is 60.2 Å². The smallest absolute Gasteiger partial charge is 0.254 e. The highest BCUT2D eigenvalue weighted by molar-refractivity contribution is 5.98. The monoisotopic (exact) mass is 345 g/mol. The molecular weight excluding hydrogens is 328 g/mol. The minimum atomic E-state index is -0.816. The number of aromatic nitrogens is 3. The second-order valence-corrected chi connectivity index (χ2v) is 5.60. The molecule has 4 rings (SSSR count). The Morgan fingerprint density at radius 2 is 2.00 bits per heavy atom. The standard InChI is InChI=1S/C11H12FN5O.C6H5F/c12-7-1-3-16(6-7)9-2-4-17-11(15-9)8(5-14-17)10(13)18;7-6-4-2-1-3-5-6/h2,4-5,7H,1,3,6H2,(H2,13,18);1-5H. The third kappa shape index (κ3) is 3.90. The van der Waals surface area contributed by atoms with Gasteiger partial charge < -0.3 is 10.6 Å². The molecule has 2 aromatic heterocycles. The van der Waals surface area contributed by atoms with Crippen molar-refractivity contribution in [2.24, 2.45) is 5.73 Å². The summed E-state index contributed by atoms with van der Waals surface area (Å²) in [5.74, 6) is -0.104. The van der Waals surface area contributed by atoms with Gasteiger partial charge in [0.2, 0.25) is 0 Å². The van der Waals surface area contributed by atoms with Gasteiger partial charge in [-0.05, 0) is 24.6 Å². The van der Waals surface area contributed by atoms with Crippen molar-refractivity contribution in [1.29, 1.82) is 0 Å². The molecule has 1 aliphatic rings. The van der Waals surface area contributed by atoms with E-state index in [0.29, 0.717) is 31.0 Å². The molecule has 1 unspecified atom stereocenters. The molecule has 130 valence electrons. The first-order valence-corrected chi connectivity index (χ1v) is 7.78. The Morgan fingerprint density at radius 3 is 2.56 bits per heavy atom. The van der Waals surface area contributed by atoms with Gasteiger partial charge in [-0.25, -0.2) is 18.3 Å². The summed E-state index contributed by atoms with van der Waals surface area (Å²) < 4.78 is 26.5. The zero-order valence-corrected chi connectivity index (χ0v) is 13.3. The van der Waals surface area contributed by atoms with E-state index in [2.05, 4.69) is 10.1 Å². The SMILES string of the molecule is Fc1ccccc1.NC(=O)c1cnn2ccc(N3CCC(F)C3)nc12. The number of carbonyl (C=O) groups excluding carboxylic acids is 1. The van der Waals surface area contributed by atoms with Crippen molar-refractivity contribution < 1.29 is 13.6 Å². The summed E-state index contributed by atoms with van der Waals surface area (Å²) in [6.07, 6.45) is 2.77. The topological polar surface area (TPSA) is 76.5 Å². The molecule has 0 radical (unpaired) electrons. The third-order valence-corrected chi connectivity index (χ3v) is 3.81. The Kier molecular flexibility index (Phi) is 4.87. The Labute approximate surface area is 142 Å². The van der Waals surface area contributed by atoms with E-state index in [0.717, 1.165) is 0 Å². The van der Waals surface area contributed by atoms with Gasteiger partial charge in [-0.15, -0.1) is 0 Å². The number of primary amides is 1. The Hall–Kier alpha value is -3.03. The number of benzene rings is 1. The first-order chi connectivity index (χ1) is 12.0. The molecular formula is C17H17F2N5O. The predicted octanol–water partition coefficient (Wildman–Crippen LogP) is 2.20. The van der Waals surface area contributed by atoms with Crippen molar-refractivity contribution in [3.63, 3.8) is 0 Å². The largest absolute Gasteiger partial charge is 0.365 e. The number of anilines is 1. The number of nitrogens with two attached hydrogens (primary N) is 1. The summed E-state index contributed by atoms with van der Waals surface area (Å²) in [6, 6.07) is 9.69. The van der Waals surface area contributed by atoms with Gasteiger partial charge in [-0.2, -0.15) is 5.10 Å². The molecule has 25 heavy (non-hydrogen) atoms. The van der Waals surface area contributed by atoms with Crippen molar-refractivity contribution >= 4 is 17.4 Å². The average Bonchev–Trinajstić information content (AvgIpc) is 3.21. The van der Waals surface area contributed by atoms with Crippen LogP contribution in [0.5, 0.6) is 0 Å². The Morgan fingerprint density at radius 1 is 1.24 bits per heavy atom. The summed E-state index contributed by atoms with van der Waals surface area (Å²) in [4.78, 5) is 17.4. The van der Waals surface area contributed by atoms with E-state index >= 15 is 0 Å². The fraction of sp³-hybridized carbons (Fsp3) is 0.235. The van der Waals surface area contributed by atoms with E-state index in [1.54, 1.807) is 30.5 Å².